The zero-order chi connectivity index (χ0) is 36.0. The van der Waals surface area contributed by atoms with Crippen LogP contribution in [0.5, 0.6) is 11.5 Å². The number of hydrogen-bond acceptors (Lipinski definition) is 8. The number of anilines is 3. The first-order valence-corrected chi connectivity index (χ1v) is 17.4. The Morgan fingerprint density at radius 1 is 0.900 bits per heavy atom. The third-order valence-corrected chi connectivity index (χ3v) is 9.55. The highest BCUT2D eigenvalue weighted by atomic mass is 35.5. The normalized spacial score (nSPS) is 16.3. The first-order valence-electron chi connectivity index (χ1n) is 15.7. The number of benzene rings is 3. The summed E-state index contributed by atoms with van der Waals surface area (Å²) in [5.74, 6) is -0.261. The first kappa shape index (κ1) is 36.4. The number of halogens is 1. The highest BCUT2D eigenvalue weighted by Gasteiger charge is 2.42. The van der Waals surface area contributed by atoms with Crippen molar-refractivity contribution in [2.45, 2.75) is 30.6 Å². The van der Waals surface area contributed by atoms with Crippen LogP contribution in [0, 0.1) is 0 Å². The molecule has 3 amide bonds. The van der Waals surface area contributed by atoms with Crippen LogP contribution in [0.25, 0.3) is 0 Å². The molecule has 0 radical (unpaired) electrons. The Labute approximate surface area is 305 Å². The number of amides is 3. The van der Waals surface area contributed by atoms with Gasteiger partial charge in [-0.15, -0.1) is 11.6 Å². The van der Waals surface area contributed by atoms with Crippen LogP contribution in [0.3, 0.4) is 0 Å². The number of carbonyl (C=O) groups excluding carboxylic acids is 3. The topological polar surface area (TPSA) is 108 Å². The molecule has 5 rings (SSSR count). The van der Waals surface area contributed by atoms with Crippen molar-refractivity contribution in [1.29, 1.82) is 0 Å². The molecule has 13 heteroatoms. The second kappa shape index (κ2) is 15.8. The maximum absolute atomic E-state index is 14.0. The van der Waals surface area contributed by atoms with Crippen LogP contribution < -0.4 is 29.5 Å². The summed E-state index contributed by atoms with van der Waals surface area (Å²) in [6, 6.07) is 19.3. The van der Waals surface area contributed by atoms with E-state index in [4.69, 9.17) is 33.3 Å². The Bertz CT molecular complexity index is 1840. The van der Waals surface area contributed by atoms with Gasteiger partial charge >= 0.3 is 11.7 Å². The number of rotatable bonds is 12. The first-order chi connectivity index (χ1) is 24.0. The molecule has 258 valence electrons. The lowest BCUT2D eigenvalue weighted by molar-refractivity contribution is -0.121. The lowest BCUT2D eigenvalue weighted by Gasteiger charge is -2.36. The number of alkyl halides is 1. The van der Waals surface area contributed by atoms with Gasteiger partial charge in [-0.2, -0.15) is 0 Å². The number of thiocarbonyl (C=S) groups is 1. The molecule has 2 aliphatic rings. The lowest BCUT2D eigenvalue weighted by Crippen LogP contribution is -2.57. The Morgan fingerprint density at radius 2 is 1.46 bits per heavy atom. The van der Waals surface area contributed by atoms with Crippen LogP contribution in [0.2, 0.25) is 0 Å². The lowest BCUT2D eigenvalue weighted by atomic mass is 9.83. The maximum Gasteiger partial charge on any atom is 0.505 e. The van der Waals surface area contributed by atoms with Gasteiger partial charge in [-0.25, -0.2) is 0 Å². The van der Waals surface area contributed by atoms with E-state index in [0.29, 0.717) is 58.9 Å². The minimum Gasteiger partial charge on any atom is -0.497 e. The number of nitrogens with one attached hydrogen (secondary N) is 1. The molecule has 3 aromatic carbocycles. The van der Waals surface area contributed by atoms with E-state index in [1.165, 1.54) is 15.9 Å². The van der Waals surface area contributed by atoms with E-state index in [1.807, 2.05) is 18.2 Å². The summed E-state index contributed by atoms with van der Waals surface area (Å²) in [5.41, 5.74) is 3.30. The molecule has 3 aromatic rings. The number of hydrogen-bond donors (Lipinski definition) is 1. The highest BCUT2D eigenvalue weighted by Crippen LogP contribution is 2.48. The monoisotopic (exact) mass is 731 g/mol. The van der Waals surface area contributed by atoms with E-state index < -0.39 is 17.2 Å². The quantitative estimate of drug-likeness (QED) is 0.0598. The number of methoxy groups -OCH3 is 2. The molecule has 2 heterocycles. The molecule has 0 unspecified atom stereocenters. The number of nitrogens with zero attached hydrogens (tertiary/aromatic N) is 3. The minimum atomic E-state index is -0.566. The number of carbonyl (C=O) groups is 3. The van der Waals surface area contributed by atoms with Gasteiger partial charge in [-0.05, 0) is 91.0 Å². The predicted molar refractivity (Wildman–Crippen MR) is 200 cm³/mol. The average Bonchev–Trinajstić information content (AvgIpc) is 3.34. The number of fused-ring (bicyclic) bond motifs is 1. The van der Waals surface area contributed by atoms with Crippen LogP contribution in [0.15, 0.2) is 107 Å². The van der Waals surface area contributed by atoms with Gasteiger partial charge in [0, 0.05) is 46.2 Å². The molecule has 2 aliphatic heterocycles. The van der Waals surface area contributed by atoms with E-state index in [-0.39, 0.29) is 22.5 Å². The van der Waals surface area contributed by atoms with Crippen LogP contribution in [0.1, 0.15) is 25.8 Å². The minimum absolute atomic E-state index is 0.0116. The summed E-state index contributed by atoms with van der Waals surface area (Å²) >= 11 is 11.8. The molecule has 0 aliphatic carbocycles. The summed E-state index contributed by atoms with van der Waals surface area (Å²) < 4.78 is 22.2. The Morgan fingerprint density at radius 3 is 1.98 bits per heavy atom. The van der Waals surface area contributed by atoms with E-state index in [2.05, 4.69) is 24.1 Å². The zero-order valence-electron chi connectivity index (χ0n) is 28.0. The van der Waals surface area contributed by atoms with E-state index >= 15 is 0 Å². The van der Waals surface area contributed by atoms with Gasteiger partial charge in [0.05, 0.1) is 25.6 Å². The molecular weight excluding hydrogens is 696 g/mol. The van der Waals surface area contributed by atoms with E-state index in [0.717, 1.165) is 16.9 Å². The van der Waals surface area contributed by atoms with Crippen LogP contribution in [-0.4, -0.2) is 56.0 Å². The van der Waals surface area contributed by atoms with Crippen LogP contribution >= 0.6 is 23.8 Å². The van der Waals surface area contributed by atoms with Gasteiger partial charge in [0.1, 0.15) is 23.0 Å². The number of ether oxygens (including phenoxy) is 2. The van der Waals surface area contributed by atoms with Crippen LogP contribution in [-0.2, 0) is 35.7 Å². The summed E-state index contributed by atoms with van der Waals surface area (Å²) in [4.78, 5) is 45.0. The molecule has 0 aromatic heterocycles. The predicted octanol–water partition coefficient (Wildman–Crippen LogP) is 6.06. The molecule has 0 bridgehead atoms. The van der Waals surface area contributed by atoms with Gasteiger partial charge in [-0.3, -0.25) is 24.2 Å². The summed E-state index contributed by atoms with van der Waals surface area (Å²) in [6.07, 6.45) is 7.51. The summed E-state index contributed by atoms with van der Waals surface area (Å²) in [7, 11) is 3.10. The summed E-state index contributed by atoms with van der Waals surface area (Å²) in [5, 5.41) is 2.81. The Hall–Kier alpha value is -4.91. The average molecular weight is 732 g/mol. The van der Waals surface area contributed by atoms with Gasteiger partial charge in [0.25, 0.3) is 16.7 Å². The molecule has 1 saturated heterocycles. The Kier molecular flexibility index (Phi) is 11.5. The van der Waals surface area contributed by atoms with E-state index in [1.54, 1.807) is 81.0 Å². The Balaban J connectivity index is 1.50. The second-order valence-electron chi connectivity index (χ2n) is 11.9. The van der Waals surface area contributed by atoms with Crippen molar-refractivity contribution < 1.29 is 28.1 Å². The van der Waals surface area contributed by atoms with Gasteiger partial charge < -0.3 is 19.7 Å². The smallest absolute Gasteiger partial charge is 0.497 e. The van der Waals surface area contributed by atoms with Gasteiger partial charge in [0.2, 0.25) is 5.91 Å². The number of allylic oxidation sites excluding steroid dienone is 5. The molecule has 1 fully saturated rings. The van der Waals surface area contributed by atoms with Crippen molar-refractivity contribution in [2.75, 3.05) is 47.9 Å². The third kappa shape index (κ3) is 7.32. The maximum atomic E-state index is 14.0. The SMILES string of the molecule is COc1ccc(N2C(=O)C(=C/C=C/C=C3/N(CCCNC(=O)CCl)c4ccc([S+]=O)cc4C3(C)C)C(=O)N(c3ccc(OC)cc3)C2=S)cc1. The molecule has 50 heavy (non-hydrogen) atoms. The highest BCUT2D eigenvalue weighted by molar-refractivity contribution is 7.81. The van der Waals surface area contributed by atoms with E-state index in [9.17, 15) is 18.6 Å². The van der Waals surface area contributed by atoms with Crippen molar-refractivity contribution in [3.05, 3.63) is 108 Å². The third-order valence-electron chi connectivity index (χ3n) is 8.50. The summed E-state index contributed by atoms with van der Waals surface area (Å²) in [6.45, 7) is 5.19. The molecule has 0 atom stereocenters. The van der Waals surface area contributed by atoms with Crippen molar-refractivity contribution in [2.24, 2.45) is 0 Å². The van der Waals surface area contributed by atoms with Crippen molar-refractivity contribution >= 4 is 75.4 Å². The van der Waals surface area contributed by atoms with Crippen molar-refractivity contribution in [3.8, 4) is 11.5 Å². The molecule has 0 saturated carbocycles. The van der Waals surface area contributed by atoms with Gasteiger partial charge in [0.15, 0.2) is 5.11 Å². The second-order valence-corrected chi connectivity index (χ2v) is 13.1. The fourth-order valence-corrected chi connectivity index (χ4v) is 6.69. The largest absolute Gasteiger partial charge is 0.505 e. The van der Waals surface area contributed by atoms with Crippen molar-refractivity contribution in [3.63, 3.8) is 0 Å². The molecular formula is C37H36ClN4O6S2+. The fraction of sp³-hybridized carbons (Fsp3) is 0.243. The molecule has 1 N–H and O–H groups in total. The fourth-order valence-electron chi connectivity index (χ4n) is 5.92. The zero-order valence-corrected chi connectivity index (χ0v) is 30.4. The molecule has 0 spiro atoms. The van der Waals surface area contributed by atoms with Crippen molar-refractivity contribution in [1.82, 2.24) is 5.32 Å². The molecule has 10 nitrogen and oxygen atoms in total. The van der Waals surface area contributed by atoms with Gasteiger partial charge in [-0.1, -0.05) is 26.0 Å². The standard InChI is InChI=1S/C37H35ClN4O6S2/c1-37(2)30-22-28(50-46)18-19-31(30)40(21-7-20-39-33(43)23-38)32(37)9-6-5-8-29-34(44)41(24-10-14-26(47-3)15-11-24)36(49)42(35(29)45)25-12-16-27(48-4)17-13-25/h5-6,8-19,22H,7,20-21,23H2,1-4H3/p+1/b6-5+,32-9+. The van der Waals surface area contributed by atoms with Crippen LogP contribution in [0.4, 0.5) is 17.1 Å².